The molecule has 0 saturated heterocycles. The highest BCUT2D eigenvalue weighted by Gasteiger charge is 2.19. The van der Waals surface area contributed by atoms with E-state index in [1.165, 1.54) is 0 Å². The van der Waals surface area contributed by atoms with Gasteiger partial charge in [-0.25, -0.2) is 0 Å². The molecule has 92 valence electrons. The number of benzene rings is 1. The normalized spacial score (nSPS) is 12.7. The summed E-state index contributed by atoms with van der Waals surface area (Å²) in [4.78, 5) is 22.6. The minimum Gasteiger partial charge on any atom is -0.484 e. The Kier molecular flexibility index (Phi) is 3.58. The molecule has 0 radical (unpaired) electrons. The number of nitriles is 1. The molecular weight excluding hydrogens is 232 g/mol. The van der Waals surface area contributed by atoms with Crippen molar-refractivity contribution in [1.82, 2.24) is 5.32 Å². The summed E-state index contributed by atoms with van der Waals surface area (Å²) in [6, 6.07) is 7.01. The number of ketones is 1. The quantitative estimate of drug-likeness (QED) is 0.796. The van der Waals surface area contributed by atoms with Crippen LogP contribution >= 0.6 is 0 Å². The Labute approximate surface area is 104 Å². The number of rotatable bonds is 4. The second-order valence-corrected chi connectivity index (χ2v) is 3.97. The Hall–Kier alpha value is -2.35. The molecule has 0 unspecified atom stereocenters. The fourth-order valence-electron chi connectivity index (χ4n) is 1.86. The molecule has 1 amide bonds. The number of ether oxygens (including phenoxy) is 1. The summed E-state index contributed by atoms with van der Waals surface area (Å²) in [5, 5.41) is 10.7. The fraction of sp³-hybridized carbons (Fsp3) is 0.308. The zero-order valence-electron chi connectivity index (χ0n) is 9.73. The van der Waals surface area contributed by atoms with Gasteiger partial charge in [0.1, 0.15) is 12.3 Å². The number of aryl methyl sites for hydroxylation is 1. The van der Waals surface area contributed by atoms with E-state index < -0.39 is 0 Å². The summed E-state index contributed by atoms with van der Waals surface area (Å²) in [5.74, 6) is 0.381. The summed E-state index contributed by atoms with van der Waals surface area (Å²) in [5.41, 5.74) is 1.71. The van der Waals surface area contributed by atoms with Crippen molar-refractivity contribution in [3.8, 4) is 11.8 Å². The number of amides is 1. The topological polar surface area (TPSA) is 79.2 Å². The van der Waals surface area contributed by atoms with Crippen LogP contribution in [0.2, 0.25) is 0 Å². The molecule has 0 bridgehead atoms. The Morgan fingerprint density at radius 3 is 3.06 bits per heavy atom. The zero-order valence-corrected chi connectivity index (χ0v) is 9.73. The van der Waals surface area contributed by atoms with Crippen LogP contribution in [0, 0.1) is 11.3 Å². The standard InChI is InChI=1S/C13H12N2O3/c14-5-6-15-13(17)8-18-10-2-3-11-9(7-10)1-4-12(11)16/h2-3,7H,1,4,6,8H2,(H,15,17). The van der Waals surface area contributed by atoms with Gasteiger partial charge in [0.05, 0.1) is 6.07 Å². The molecule has 0 aliphatic heterocycles. The Balaban J connectivity index is 1.93. The zero-order chi connectivity index (χ0) is 13.0. The van der Waals surface area contributed by atoms with Crippen molar-refractivity contribution in [3.05, 3.63) is 29.3 Å². The van der Waals surface area contributed by atoms with Crippen molar-refractivity contribution in [2.24, 2.45) is 0 Å². The van der Waals surface area contributed by atoms with Crippen molar-refractivity contribution in [2.45, 2.75) is 12.8 Å². The number of Topliss-reactive ketones (excluding diaryl/α,β-unsaturated/α-hetero) is 1. The molecule has 0 heterocycles. The molecule has 18 heavy (non-hydrogen) atoms. The summed E-state index contributed by atoms with van der Waals surface area (Å²) in [7, 11) is 0. The monoisotopic (exact) mass is 244 g/mol. The lowest BCUT2D eigenvalue weighted by Gasteiger charge is -2.07. The summed E-state index contributed by atoms with van der Waals surface area (Å²) in [6.45, 7) is -0.157. The van der Waals surface area contributed by atoms with Crippen LogP contribution in [0.4, 0.5) is 0 Å². The van der Waals surface area contributed by atoms with E-state index in [0.29, 0.717) is 12.2 Å². The maximum atomic E-state index is 11.4. The van der Waals surface area contributed by atoms with E-state index in [1.807, 2.05) is 6.07 Å². The summed E-state index contributed by atoms with van der Waals surface area (Å²) in [6.07, 6.45) is 1.27. The predicted octanol–water partition coefficient (Wildman–Crippen LogP) is 0.834. The molecule has 0 spiro atoms. The first kappa shape index (κ1) is 12.1. The third kappa shape index (κ3) is 2.66. The van der Waals surface area contributed by atoms with Gasteiger partial charge >= 0.3 is 0 Å². The van der Waals surface area contributed by atoms with Gasteiger partial charge in [-0.1, -0.05) is 0 Å². The van der Waals surface area contributed by atoms with Crippen LogP contribution in [0.3, 0.4) is 0 Å². The van der Waals surface area contributed by atoms with Crippen LogP contribution in [0.1, 0.15) is 22.3 Å². The number of carbonyl (C=O) groups is 2. The van der Waals surface area contributed by atoms with Gasteiger partial charge in [-0.15, -0.1) is 0 Å². The Morgan fingerprint density at radius 1 is 1.44 bits per heavy atom. The summed E-state index contributed by atoms with van der Waals surface area (Å²) < 4.78 is 5.29. The Morgan fingerprint density at radius 2 is 2.28 bits per heavy atom. The van der Waals surface area contributed by atoms with Gasteiger partial charge in [0, 0.05) is 12.0 Å². The lowest BCUT2D eigenvalue weighted by atomic mass is 10.1. The van der Waals surface area contributed by atoms with E-state index in [-0.39, 0.29) is 24.8 Å². The first-order valence-corrected chi connectivity index (χ1v) is 5.63. The second kappa shape index (κ2) is 5.32. The van der Waals surface area contributed by atoms with Crippen molar-refractivity contribution >= 4 is 11.7 Å². The average molecular weight is 244 g/mol. The number of hydrogen-bond donors (Lipinski definition) is 1. The van der Waals surface area contributed by atoms with Gasteiger partial charge in [-0.3, -0.25) is 9.59 Å². The van der Waals surface area contributed by atoms with Crippen LogP contribution in [-0.2, 0) is 11.2 Å². The van der Waals surface area contributed by atoms with Crippen molar-refractivity contribution in [3.63, 3.8) is 0 Å². The van der Waals surface area contributed by atoms with Gasteiger partial charge in [-0.2, -0.15) is 5.26 Å². The number of fused-ring (bicyclic) bond motifs is 1. The molecule has 0 atom stereocenters. The molecule has 5 nitrogen and oxygen atoms in total. The molecule has 5 heteroatoms. The summed E-state index contributed by atoms with van der Waals surface area (Å²) >= 11 is 0. The molecule has 0 saturated carbocycles. The van der Waals surface area contributed by atoms with Gasteiger partial charge in [0.2, 0.25) is 0 Å². The largest absolute Gasteiger partial charge is 0.484 e. The Bertz CT molecular complexity index is 532. The highest BCUT2D eigenvalue weighted by atomic mass is 16.5. The average Bonchev–Trinajstić information content (AvgIpc) is 2.75. The van der Waals surface area contributed by atoms with Crippen LogP contribution in [0.5, 0.6) is 5.75 Å². The van der Waals surface area contributed by atoms with Gasteiger partial charge < -0.3 is 10.1 Å². The van der Waals surface area contributed by atoms with Crippen LogP contribution in [0.25, 0.3) is 0 Å². The first-order chi connectivity index (χ1) is 8.70. The molecule has 2 rings (SSSR count). The number of carbonyl (C=O) groups excluding carboxylic acids is 2. The first-order valence-electron chi connectivity index (χ1n) is 5.63. The van der Waals surface area contributed by atoms with E-state index in [2.05, 4.69) is 5.32 Å². The van der Waals surface area contributed by atoms with E-state index in [4.69, 9.17) is 10.00 Å². The molecule has 1 aromatic rings. The van der Waals surface area contributed by atoms with Gasteiger partial charge in [0.25, 0.3) is 5.91 Å². The molecule has 0 fully saturated rings. The maximum absolute atomic E-state index is 11.4. The molecule has 1 N–H and O–H groups in total. The highest BCUT2D eigenvalue weighted by Crippen LogP contribution is 2.25. The number of nitrogens with one attached hydrogen (secondary N) is 1. The minimum absolute atomic E-state index is 0.0269. The second-order valence-electron chi connectivity index (χ2n) is 3.97. The van der Waals surface area contributed by atoms with Gasteiger partial charge in [0.15, 0.2) is 12.4 Å². The lowest BCUT2D eigenvalue weighted by molar-refractivity contribution is -0.122. The fourth-order valence-corrected chi connectivity index (χ4v) is 1.86. The lowest BCUT2D eigenvalue weighted by Crippen LogP contribution is -2.29. The smallest absolute Gasteiger partial charge is 0.258 e. The number of nitrogens with zero attached hydrogens (tertiary/aromatic N) is 1. The van der Waals surface area contributed by atoms with Crippen LogP contribution < -0.4 is 10.1 Å². The SMILES string of the molecule is N#CCNC(=O)COc1ccc2c(c1)CCC2=O. The molecule has 1 aromatic carbocycles. The maximum Gasteiger partial charge on any atom is 0.258 e. The van der Waals surface area contributed by atoms with Crippen molar-refractivity contribution in [1.29, 1.82) is 5.26 Å². The van der Waals surface area contributed by atoms with Gasteiger partial charge in [-0.05, 0) is 30.2 Å². The minimum atomic E-state index is -0.340. The van der Waals surface area contributed by atoms with Crippen molar-refractivity contribution in [2.75, 3.05) is 13.2 Å². The van der Waals surface area contributed by atoms with E-state index in [1.54, 1.807) is 18.2 Å². The van der Waals surface area contributed by atoms with Crippen LogP contribution in [0.15, 0.2) is 18.2 Å². The third-order valence-corrected chi connectivity index (χ3v) is 2.73. The van der Waals surface area contributed by atoms with E-state index >= 15 is 0 Å². The molecule has 1 aliphatic rings. The number of hydrogen-bond acceptors (Lipinski definition) is 4. The van der Waals surface area contributed by atoms with E-state index in [0.717, 1.165) is 17.5 Å². The third-order valence-electron chi connectivity index (χ3n) is 2.73. The predicted molar refractivity (Wildman–Crippen MR) is 63.2 cm³/mol. The molecule has 1 aliphatic carbocycles. The highest BCUT2D eigenvalue weighted by molar-refractivity contribution is 6.00. The van der Waals surface area contributed by atoms with E-state index in [9.17, 15) is 9.59 Å². The molecule has 0 aromatic heterocycles. The van der Waals surface area contributed by atoms with Crippen molar-refractivity contribution < 1.29 is 14.3 Å². The van der Waals surface area contributed by atoms with Crippen LogP contribution in [-0.4, -0.2) is 24.8 Å². The molecular formula is C13H12N2O3.